The third kappa shape index (κ3) is 971. The molecule has 16 nitrogen and oxygen atoms in total. The Hall–Kier alpha value is 6.76. The van der Waals surface area contributed by atoms with Crippen LogP contribution < -0.4 is 0 Å². The summed E-state index contributed by atoms with van der Waals surface area (Å²) in [5, 5.41) is 0. The van der Waals surface area contributed by atoms with Gasteiger partial charge >= 0.3 is 0 Å². The van der Waals surface area contributed by atoms with E-state index in [0.717, 1.165) is 0 Å². The minimum absolute atomic E-state index is 0. The molecule has 0 aromatic heterocycles. The molecule has 0 spiro atoms. The number of hydrogen-bond acceptors (Lipinski definition) is 0. The fourth-order valence-electron chi connectivity index (χ4n) is 0. The molecule has 0 aromatic carbocycles. The molecule has 32 N–H and O–H groups in total. The standard InChI is InChI=1S/15Ni.16H2O/h;;;;;;;;;;;;;;;16*1H2. The van der Waals surface area contributed by atoms with Gasteiger partial charge in [-0.25, -0.2) is 0 Å². The van der Waals surface area contributed by atoms with Crippen molar-refractivity contribution >= 4 is 0 Å². The molecular weight excluding hydrogens is 1140 g/mol. The monoisotopic (exact) mass is 1160 g/mol. The Morgan fingerprint density at radius 1 is 0.0645 bits per heavy atom. The zero-order valence-corrected chi connectivity index (χ0v) is 27.6. The van der Waals surface area contributed by atoms with Gasteiger partial charge in [-0.2, -0.15) is 0 Å². The molecule has 31 heteroatoms. The van der Waals surface area contributed by atoms with Crippen molar-refractivity contribution in [1.29, 1.82) is 0 Å². The van der Waals surface area contributed by atoms with Gasteiger partial charge in [0, 0.05) is 247 Å². The summed E-state index contributed by atoms with van der Waals surface area (Å²) in [6.07, 6.45) is 0. The molecule has 0 atom stereocenters. The van der Waals surface area contributed by atoms with Crippen molar-refractivity contribution in [2.75, 3.05) is 0 Å². The Morgan fingerprint density at radius 3 is 0.0645 bits per heavy atom. The van der Waals surface area contributed by atoms with Gasteiger partial charge < -0.3 is 87.6 Å². The summed E-state index contributed by atoms with van der Waals surface area (Å²) < 4.78 is 0. The fraction of sp³-hybridized carbons (Fsp3) is 0. The van der Waals surface area contributed by atoms with Gasteiger partial charge in [-0.05, 0) is 0 Å². The first kappa shape index (κ1) is 1120. The average Bonchev–Trinajstić information content (AvgIpc) is 0. The van der Waals surface area contributed by atoms with Gasteiger partial charge in [-0.15, -0.1) is 0 Å². The van der Waals surface area contributed by atoms with Crippen LogP contribution in [0.15, 0.2) is 0 Å². The maximum atomic E-state index is 0. The first-order valence-electron chi connectivity index (χ1n) is 0. The Kier molecular flexibility index (Phi) is 37000. The van der Waals surface area contributed by atoms with E-state index in [-0.39, 0.29) is 335 Å². The van der Waals surface area contributed by atoms with Crippen LogP contribution in [0.4, 0.5) is 0 Å². The van der Waals surface area contributed by atoms with Crippen LogP contribution in [0.2, 0.25) is 0 Å². The van der Waals surface area contributed by atoms with Crippen LogP contribution in [-0.4, -0.2) is 87.6 Å². The van der Waals surface area contributed by atoms with E-state index in [4.69, 9.17) is 0 Å². The molecular formula is H32Ni15O16. The van der Waals surface area contributed by atoms with Crippen LogP contribution in [0, 0.1) is 0 Å². The molecule has 0 aliphatic rings. The molecule has 0 aromatic rings. The second kappa shape index (κ2) is 1030. The third-order valence-electron chi connectivity index (χ3n) is 0. The van der Waals surface area contributed by atoms with E-state index in [1.165, 1.54) is 0 Å². The zero-order chi connectivity index (χ0) is 0. The van der Waals surface area contributed by atoms with Crippen molar-refractivity contribution in [2.45, 2.75) is 0 Å². The third-order valence-corrected chi connectivity index (χ3v) is 0. The summed E-state index contributed by atoms with van der Waals surface area (Å²) in [4.78, 5) is 0. The van der Waals surface area contributed by atoms with Crippen LogP contribution in [-0.2, 0) is 247 Å². The van der Waals surface area contributed by atoms with E-state index in [0.29, 0.717) is 0 Å². The van der Waals surface area contributed by atoms with Crippen molar-refractivity contribution in [3.8, 4) is 0 Å². The molecule has 0 aliphatic carbocycles. The van der Waals surface area contributed by atoms with E-state index < -0.39 is 0 Å². The molecule has 31 heavy (non-hydrogen) atoms. The molecule has 0 heterocycles. The molecule has 0 radical (unpaired) electrons. The van der Waals surface area contributed by atoms with Crippen LogP contribution in [0.1, 0.15) is 0 Å². The van der Waals surface area contributed by atoms with Crippen molar-refractivity contribution in [1.82, 2.24) is 0 Å². The predicted octanol–water partition coefficient (Wildman–Crippen LogP) is -13.2. The van der Waals surface area contributed by atoms with Gasteiger partial charge in [0.2, 0.25) is 0 Å². The molecule has 278 valence electrons. The molecule has 0 bridgehead atoms. The first-order chi connectivity index (χ1) is 0. The van der Waals surface area contributed by atoms with Gasteiger partial charge in [-0.1, -0.05) is 0 Å². The zero-order valence-electron chi connectivity index (χ0n) is 12.7. The minimum atomic E-state index is 0. The minimum Gasteiger partial charge on any atom is -0.412 e. The predicted molar refractivity (Wildman–Crippen MR) is 57.8 cm³/mol. The second-order valence-electron chi connectivity index (χ2n) is 0. The molecule has 0 saturated carbocycles. The molecule has 0 aliphatic heterocycles. The average molecular weight is 1170 g/mol. The summed E-state index contributed by atoms with van der Waals surface area (Å²) in [6.45, 7) is 0. The van der Waals surface area contributed by atoms with Gasteiger partial charge in [-0.3, -0.25) is 0 Å². The van der Waals surface area contributed by atoms with E-state index >= 15 is 0 Å². The van der Waals surface area contributed by atoms with Crippen molar-refractivity contribution < 1.29 is 335 Å². The Morgan fingerprint density at radius 2 is 0.0645 bits per heavy atom. The van der Waals surface area contributed by atoms with Crippen molar-refractivity contribution in [2.24, 2.45) is 0 Å². The van der Waals surface area contributed by atoms with Crippen LogP contribution in [0.3, 0.4) is 0 Å². The molecule has 0 amide bonds. The second-order valence-corrected chi connectivity index (χ2v) is 0. The van der Waals surface area contributed by atoms with Crippen LogP contribution >= 0.6 is 0 Å². The van der Waals surface area contributed by atoms with E-state index in [9.17, 15) is 0 Å². The smallest absolute Gasteiger partial charge is 0 e. The van der Waals surface area contributed by atoms with Crippen LogP contribution in [0.5, 0.6) is 0 Å². The number of hydrogen-bond donors (Lipinski definition) is 0. The van der Waals surface area contributed by atoms with Crippen molar-refractivity contribution in [3.05, 3.63) is 0 Å². The molecule has 0 unspecified atom stereocenters. The quantitative estimate of drug-likeness (QED) is 0.204. The van der Waals surface area contributed by atoms with Gasteiger partial charge in [0.15, 0.2) is 0 Å². The fourth-order valence-corrected chi connectivity index (χ4v) is 0. The topological polar surface area (TPSA) is 504 Å². The summed E-state index contributed by atoms with van der Waals surface area (Å²) >= 11 is 0. The van der Waals surface area contributed by atoms with Gasteiger partial charge in [0.25, 0.3) is 0 Å². The van der Waals surface area contributed by atoms with E-state index in [2.05, 4.69) is 0 Å². The molecule has 0 fully saturated rings. The summed E-state index contributed by atoms with van der Waals surface area (Å²) in [5.74, 6) is 0. The Bertz CT molecular complexity index is 31.0. The SMILES string of the molecule is O.O.O.O.O.O.O.O.O.O.O.O.O.O.O.O.[Ni].[Ni].[Ni].[Ni].[Ni].[Ni].[Ni].[Ni].[Ni].[Ni].[Ni].[Ni].[Ni].[Ni].[Ni]. The van der Waals surface area contributed by atoms with E-state index in [1.807, 2.05) is 0 Å². The Balaban J connectivity index is 0. The molecule has 0 rings (SSSR count). The van der Waals surface area contributed by atoms with Crippen LogP contribution in [0.25, 0.3) is 0 Å². The van der Waals surface area contributed by atoms with Crippen molar-refractivity contribution in [3.63, 3.8) is 0 Å². The normalized spacial score (nSPS) is 0. The largest absolute Gasteiger partial charge is 0.412 e. The first-order valence-corrected chi connectivity index (χ1v) is 0. The maximum Gasteiger partial charge on any atom is 0 e. The number of rotatable bonds is 0. The maximum absolute atomic E-state index is 0. The molecule has 0 saturated heterocycles. The van der Waals surface area contributed by atoms with Gasteiger partial charge in [0.05, 0.1) is 0 Å². The van der Waals surface area contributed by atoms with E-state index in [1.54, 1.807) is 0 Å². The summed E-state index contributed by atoms with van der Waals surface area (Å²) in [6, 6.07) is 0. The summed E-state index contributed by atoms with van der Waals surface area (Å²) in [5.41, 5.74) is 0. The van der Waals surface area contributed by atoms with Gasteiger partial charge in [0.1, 0.15) is 0 Å². The summed E-state index contributed by atoms with van der Waals surface area (Å²) in [7, 11) is 0. The Labute approximate surface area is 330 Å².